The van der Waals surface area contributed by atoms with Crippen LogP contribution >= 0.6 is 11.3 Å². The van der Waals surface area contributed by atoms with Gasteiger partial charge in [0, 0.05) is 5.56 Å². The highest BCUT2D eigenvalue weighted by atomic mass is 32.2. The first-order valence-corrected chi connectivity index (χ1v) is 9.25. The molecule has 0 aliphatic carbocycles. The van der Waals surface area contributed by atoms with E-state index >= 15 is 0 Å². The molecule has 0 unspecified atom stereocenters. The predicted molar refractivity (Wildman–Crippen MR) is 89.6 cm³/mol. The third kappa shape index (κ3) is 3.22. The number of nitrogens with one attached hydrogen (secondary N) is 1. The van der Waals surface area contributed by atoms with Crippen LogP contribution in [0.4, 0.5) is 5.69 Å². The molecular formula is C15H13N3O4S2. The molecule has 0 bridgehead atoms. The molecule has 1 N–H and O–H groups in total. The van der Waals surface area contributed by atoms with Crippen LogP contribution in [-0.4, -0.2) is 24.3 Å². The van der Waals surface area contributed by atoms with Crippen molar-refractivity contribution in [1.29, 1.82) is 0 Å². The topological polar surface area (TPSA) is 102 Å². The average molecular weight is 363 g/mol. The first-order valence-electron chi connectivity index (χ1n) is 6.89. The molecule has 0 aliphatic heterocycles. The number of anilines is 1. The minimum atomic E-state index is -3.79. The largest absolute Gasteiger partial charge is 0.333 e. The first-order chi connectivity index (χ1) is 11.4. The average Bonchev–Trinajstić information content (AvgIpc) is 3.15. The predicted octanol–water partition coefficient (Wildman–Crippen LogP) is 3.11. The highest BCUT2D eigenvalue weighted by Gasteiger charge is 2.20. The molecule has 9 heteroatoms. The van der Waals surface area contributed by atoms with Gasteiger partial charge >= 0.3 is 0 Å². The zero-order valence-electron chi connectivity index (χ0n) is 12.8. The van der Waals surface area contributed by atoms with Gasteiger partial charge in [-0.3, -0.25) is 9.52 Å². The Bertz CT molecular complexity index is 988. The van der Waals surface area contributed by atoms with Gasteiger partial charge in [0.1, 0.15) is 4.88 Å². The fourth-order valence-corrected chi connectivity index (χ4v) is 3.92. The quantitative estimate of drug-likeness (QED) is 0.699. The number of Topliss-reactive ketones (excluding diaryl/α,β-unsaturated/α-hetero) is 1. The van der Waals surface area contributed by atoms with Crippen LogP contribution in [0.15, 0.2) is 45.1 Å². The Kier molecular flexibility index (Phi) is 4.20. The lowest BCUT2D eigenvalue weighted by molar-refractivity contribution is 0.101. The molecule has 0 atom stereocenters. The maximum absolute atomic E-state index is 12.5. The Morgan fingerprint density at radius 3 is 2.50 bits per heavy atom. The van der Waals surface area contributed by atoms with Gasteiger partial charge in [0.25, 0.3) is 15.9 Å². The van der Waals surface area contributed by atoms with Crippen LogP contribution in [0.25, 0.3) is 10.8 Å². The van der Waals surface area contributed by atoms with E-state index in [1.807, 2.05) is 0 Å². The van der Waals surface area contributed by atoms with E-state index in [1.54, 1.807) is 18.4 Å². The SMILES string of the molecule is CC(=O)c1ccc(S(=O)(=O)Nc2ccsc2-c2nc(C)no2)cc1. The first kappa shape index (κ1) is 16.3. The minimum absolute atomic E-state index is 0.0614. The minimum Gasteiger partial charge on any atom is -0.333 e. The summed E-state index contributed by atoms with van der Waals surface area (Å²) in [6.07, 6.45) is 0. The van der Waals surface area contributed by atoms with Gasteiger partial charge in [-0.1, -0.05) is 17.3 Å². The number of thiophene rings is 1. The molecule has 0 amide bonds. The van der Waals surface area contributed by atoms with Crippen molar-refractivity contribution < 1.29 is 17.7 Å². The molecule has 2 heterocycles. The molecule has 0 spiro atoms. The Labute approximate surface area is 142 Å². The number of aryl methyl sites for hydroxylation is 1. The molecule has 0 saturated heterocycles. The van der Waals surface area contributed by atoms with Crippen LogP contribution in [0.1, 0.15) is 23.1 Å². The van der Waals surface area contributed by atoms with Crippen LogP contribution < -0.4 is 4.72 Å². The van der Waals surface area contributed by atoms with Gasteiger partial charge in [0.2, 0.25) is 0 Å². The molecule has 1 aromatic carbocycles. The lowest BCUT2D eigenvalue weighted by Gasteiger charge is -2.08. The van der Waals surface area contributed by atoms with Gasteiger partial charge in [0.15, 0.2) is 11.6 Å². The normalized spacial score (nSPS) is 11.4. The number of nitrogens with zero attached hydrogens (tertiary/aromatic N) is 2. The summed E-state index contributed by atoms with van der Waals surface area (Å²) in [4.78, 5) is 16.0. The van der Waals surface area contributed by atoms with Crippen LogP contribution in [-0.2, 0) is 10.0 Å². The van der Waals surface area contributed by atoms with Gasteiger partial charge in [-0.05, 0) is 37.4 Å². The van der Waals surface area contributed by atoms with Crippen LogP contribution in [0.2, 0.25) is 0 Å². The van der Waals surface area contributed by atoms with Crippen molar-refractivity contribution in [3.63, 3.8) is 0 Å². The second kappa shape index (κ2) is 6.17. The monoisotopic (exact) mass is 363 g/mol. The van der Waals surface area contributed by atoms with Crippen molar-refractivity contribution in [2.75, 3.05) is 4.72 Å². The second-order valence-corrected chi connectivity index (χ2v) is 7.59. The maximum atomic E-state index is 12.5. The number of hydrogen-bond acceptors (Lipinski definition) is 7. The summed E-state index contributed by atoms with van der Waals surface area (Å²) in [5.74, 6) is 0.595. The zero-order chi connectivity index (χ0) is 17.3. The van der Waals surface area contributed by atoms with Crippen molar-refractivity contribution >= 4 is 32.8 Å². The number of hydrogen-bond donors (Lipinski definition) is 1. The van der Waals surface area contributed by atoms with Gasteiger partial charge in [-0.15, -0.1) is 11.3 Å². The lowest BCUT2D eigenvalue weighted by Crippen LogP contribution is -2.13. The van der Waals surface area contributed by atoms with Crippen molar-refractivity contribution in [2.45, 2.75) is 18.7 Å². The number of benzene rings is 1. The summed E-state index contributed by atoms with van der Waals surface area (Å²) in [5, 5.41) is 5.43. The van der Waals surface area contributed by atoms with E-state index in [2.05, 4.69) is 14.9 Å². The van der Waals surface area contributed by atoms with Crippen molar-refractivity contribution in [1.82, 2.24) is 10.1 Å². The smallest absolute Gasteiger partial charge is 0.270 e. The van der Waals surface area contributed by atoms with Gasteiger partial charge < -0.3 is 4.52 Å². The summed E-state index contributed by atoms with van der Waals surface area (Å²) < 4.78 is 32.6. The summed E-state index contributed by atoms with van der Waals surface area (Å²) in [7, 11) is -3.79. The third-order valence-corrected chi connectivity index (χ3v) is 5.49. The lowest BCUT2D eigenvalue weighted by atomic mass is 10.2. The summed E-state index contributed by atoms with van der Waals surface area (Å²) in [6.45, 7) is 3.10. The van der Waals surface area contributed by atoms with E-state index < -0.39 is 10.0 Å². The molecule has 7 nitrogen and oxygen atoms in total. The van der Waals surface area contributed by atoms with Crippen molar-refractivity contribution in [2.24, 2.45) is 0 Å². The molecule has 124 valence electrons. The van der Waals surface area contributed by atoms with Crippen LogP contribution in [0.3, 0.4) is 0 Å². The van der Waals surface area contributed by atoms with E-state index in [0.29, 0.717) is 22.0 Å². The summed E-state index contributed by atoms with van der Waals surface area (Å²) in [6, 6.07) is 7.37. The molecule has 0 aliphatic rings. The Balaban J connectivity index is 1.90. The molecule has 3 aromatic rings. The Morgan fingerprint density at radius 2 is 1.92 bits per heavy atom. The van der Waals surface area contributed by atoms with E-state index in [4.69, 9.17) is 4.52 Å². The number of aromatic nitrogens is 2. The maximum Gasteiger partial charge on any atom is 0.270 e. The summed E-state index contributed by atoms with van der Waals surface area (Å²) in [5.41, 5.74) is 0.811. The highest BCUT2D eigenvalue weighted by Crippen LogP contribution is 2.33. The third-order valence-electron chi connectivity index (χ3n) is 3.20. The number of sulfonamides is 1. The number of carbonyl (C=O) groups is 1. The molecule has 3 rings (SSSR count). The number of carbonyl (C=O) groups excluding carboxylic acids is 1. The molecule has 2 aromatic heterocycles. The van der Waals surface area contributed by atoms with E-state index in [9.17, 15) is 13.2 Å². The Hall–Kier alpha value is -2.52. The standard InChI is InChI=1S/C15H13N3O4S2/c1-9(19)11-3-5-12(6-4-11)24(20,21)18-13-7-8-23-14(13)15-16-10(2)17-22-15/h3-8,18H,1-2H3. The molecule has 0 saturated carbocycles. The Morgan fingerprint density at radius 1 is 1.21 bits per heavy atom. The van der Waals surface area contributed by atoms with Gasteiger partial charge in [-0.25, -0.2) is 8.42 Å². The van der Waals surface area contributed by atoms with Crippen LogP contribution in [0, 0.1) is 6.92 Å². The number of ketones is 1. The molecule has 24 heavy (non-hydrogen) atoms. The van der Waals surface area contributed by atoms with Crippen LogP contribution in [0.5, 0.6) is 0 Å². The fraction of sp³-hybridized carbons (Fsp3) is 0.133. The van der Waals surface area contributed by atoms with Crippen molar-refractivity contribution in [3.8, 4) is 10.8 Å². The van der Waals surface area contributed by atoms with Gasteiger partial charge in [0.05, 0.1) is 10.6 Å². The molecular weight excluding hydrogens is 350 g/mol. The fourth-order valence-electron chi connectivity index (χ4n) is 2.02. The van der Waals surface area contributed by atoms with E-state index in [1.165, 1.54) is 42.5 Å². The van der Waals surface area contributed by atoms with E-state index in [0.717, 1.165) is 0 Å². The summed E-state index contributed by atoms with van der Waals surface area (Å²) >= 11 is 1.29. The van der Waals surface area contributed by atoms with E-state index in [-0.39, 0.29) is 16.6 Å². The molecule has 0 fully saturated rings. The number of rotatable bonds is 5. The highest BCUT2D eigenvalue weighted by molar-refractivity contribution is 7.92. The molecule has 0 radical (unpaired) electrons. The second-order valence-electron chi connectivity index (χ2n) is 5.00. The van der Waals surface area contributed by atoms with Crippen molar-refractivity contribution in [3.05, 3.63) is 47.1 Å². The van der Waals surface area contributed by atoms with Gasteiger partial charge in [-0.2, -0.15) is 4.98 Å². The zero-order valence-corrected chi connectivity index (χ0v) is 14.4.